The topological polar surface area (TPSA) is 58.5 Å². The van der Waals surface area contributed by atoms with Gasteiger partial charge in [-0.1, -0.05) is 24.3 Å². The monoisotopic (exact) mass is 528 g/mol. The van der Waals surface area contributed by atoms with Crippen molar-refractivity contribution in [2.45, 2.75) is 45.4 Å². The van der Waals surface area contributed by atoms with Gasteiger partial charge in [-0.2, -0.15) is 0 Å². The lowest BCUT2D eigenvalue weighted by Crippen LogP contribution is -2.48. The van der Waals surface area contributed by atoms with Crippen LogP contribution in [0.15, 0.2) is 29.3 Å². The highest BCUT2D eigenvalue weighted by Crippen LogP contribution is 2.36. The Morgan fingerprint density at radius 1 is 1.17 bits per heavy atom. The predicted molar refractivity (Wildman–Crippen MR) is 133 cm³/mol. The molecule has 0 unspecified atom stereocenters. The van der Waals surface area contributed by atoms with Gasteiger partial charge in [-0.15, -0.1) is 35.3 Å². The van der Waals surface area contributed by atoms with Gasteiger partial charge in [0.05, 0.1) is 10.7 Å². The second-order valence-electron chi connectivity index (χ2n) is 7.56. The third-order valence-corrected chi connectivity index (χ3v) is 6.82. The van der Waals surface area contributed by atoms with E-state index in [1.807, 2.05) is 7.05 Å². The second-order valence-corrected chi connectivity index (χ2v) is 8.85. The number of benzene rings is 1. The summed E-state index contributed by atoms with van der Waals surface area (Å²) in [5, 5.41) is 8.20. The van der Waals surface area contributed by atoms with Crippen LogP contribution in [0, 0.1) is 20.8 Å². The van der Waals surface area contributed by atoms with Crippen LogP contribution in [0.3, 0.4) is 0 Å². The van der Waals surface area contributed by atoms with Crippen LogP contribution in [0.4, 0.5) is 0 Å². The first-order valence-corrected chi connectivity index (χ1v) is 10.9. The Kier molecular flexibility index (Phi) is 9.36. The summed E-state index contributed by atoms with van der Waals surface area (Å²) in [4.78, 5) is 10.3. The minimum absolute atomic E-state index is 0. The summed E-state index contributed by atoms with van der Waals surface area (Å²) in [5.74, 6) is 0.851. The number of rotatable bonds is 6. The first-order chi connectivity index (χ1) is 13.5. The molecule has 2 aromatic rings. The molecule has 7 heteroatoms. The zero-order chi connectivity index (χ0) is 20.0. The second kappa shape index (κ2) is 11.3. The summed E-state index contributed by atoms with van der Waals surface area (Å²) in [6, 6.07) is 8.73. The van der Waals surface area contributed by atoms with Gasteiger partial charge in [0.1, 0.15) is 0 Å². The summed E-state index contributed by atoms with van der Waals surface area (Å²) >= 11 is 1.78. The maximum absolute atomic E-state index is 5.67. The van der Waals surface area contributed by atoms with E-state index < -0.39 is 0 Å². The molecule has 0 radical (unpaired) electrons. The summed E-state index contributed by atoms with van der Waals surface area (Å²) in [7, 11) is 1.83. The van der Waals surface area contributed by atoms with Gasteiger partial charge >= 0.3 is 0 Å². The molecule has 2 heterocycles. The molecule has 0 bridgehead atoms. The average Bonchev–Trinajstić information content (AvgIpc) is 3.03. The molecule has 1 aliphatic rings. The van der Waals surface area contributed by atoms with Crippen LogP contribution in [-0.2, 0) is 16.6 Å². The van der Waals surface area contributed by atoms with Crippen molar-refractivity contribution in [2.75, 3.05) is 33.4 Å². The Morgan fingerprint density at radius 2 is 1.90 bits per heavy atom. The molecule has 2 N–H and O–H groups in total. The molecule has 3 rings (SSSR count). The minimum atomic E-state index is 0. The molecule has 160 valence electrons. The minimum Gasteiger partial charge on any atom is -0.381 e. The van der Waals surface area contributed by atoms with Gasteiger partial charge < -0.3 is 15.4 Å². The van der Waals surface area contributed by atoms with Crippen molar-refractivity contribution >= 4 is 41.3 Å². The highest BCUT2D eigenvalue weighted by Gasteiger charge is 2.35. The number of halogens is 1. The van der Waals surface area contributed by atoms with E-state index in [4.69, 9.17) is 4.74 Å². The Balaban J connectivity index is 0.00000300. The van der Waals surface area contributed by atoms with Gasteiger partial charge in [0.25, 0.3) is 0 Å². The van der Waals surface area contributed by atoms with Crippen LogP contribution in [-0.4, -0.2) is 44.3 Å². The zero-order valence-electron chi connectivity index (χ0n) is 17.9. The largest absolute Gasteiger partial charge is 0.381 e. The number of ether oxygens (including phenoxy) is 1. The fourth-order valence-corrected chi connectivity index (χ4v) is 4.81. The number of hydrogen-bond acceptors (Lipinski definition) is 4. The molecule has 1 aromatic carbocycles. The quantitative estimate of drug-likeness (QED) is 0.336. The molecule has 0 amide bonds. The molecular formula is C22H33IN4OS. The Bertz CT molecular complexity index is 795. The first-order valence-electron chi connectivity index (χ1n) is 10.1. The smallest absolute Gasteiger partial charge is 0.191 e. The van der Waals surface area contributed by atoms with Crippen molar-refractivity contribution in [1.82, 2.24) is 15.6 Å². The van der Waals surface area contributed by atoms with E-state index in [0.29, 0.717) is 0 Å². The number of guanidine groups is 1. The number of thiazole rings is 1. The zero-order valence-corrected chi connectivity index (χ0v) is 21.0. The molecule has 0 aliphatic carbocycles. The molecule has 1 saturated heterocycles. The van der Waals surface area contributed by atoms with Crippen LogP contribution in [0.1, 0.15) is 39.5 Å². The van der Waals surface area contributed by atoms with Crippen molar-refractivity contribution in [3.63, 3.8) is 0 Å². The van der Waals surface area contributed by atoms with E-state index in [1.165, 1.54) is 21.0 Å². The van der Waals surface area contributed by atoms with Crippen molar-refractivity contribution in [1.29, 1.82) is 0 Å². The lowest BCUT2D eigenvalue weighted by atomic mass is 9.72. The van der Waals surface area contributed by atoms with Crippen LogP contribution in [0.2, 0.25) is 0 Å². The summed E-state index contributed by atoms with van der Waals surface area (Å²) in [5.41, 5.74) is 4.01. The van der Waals surface area contributed by atoms with Crippen LogP contribution in [0.5, 0.6) is 0 Å². The number of hydrogen-bond donors (Lipinski definition) is 2. The van der Waals surface area contributed by atoms with Gasteiger partial charge in [-0.25, -0.2) is 4.98 Å². The summed E-state index contributed by atoms with van der Waals surface area (Å²) in [6.07, 6.45) is 2.97. The summed E-state index contributed by atoms with van der Waals surface area (Å²) in [6.45, 7) is 9.71. The Labute approximate surface area is 195 Å². The number of nitrogens with zero attached hydrogens (tertiary/aromatic N) is 2. The average molecular weight is 529 g/mol. The van der Waals surface area contributed by atoms with Crippen LogP contribution >= 0.6 is 35.3 Å². The number of aromatic nitrogens is 1. The molecule has 0 spiro atoms. The lowest BCUT2D eigenvalue weighted by molar-refractivity contribution is 0.0512. The summed E-state index contributed by atoms with van der Waals surface area (Å²) < 4.78 is 5.67. The fourth-order valence-electron chi connectivity index (χ4n) is 3.88. The maximum Gasteiger partial charge on any atom is 0.191 e. The van der Waals surface area contributed by atoms with Gasteiger partial charge in [-0.3, -0.25) is 4.99 Å². The molecule has 0 saturated carbocycles. The van der Waals surface area contributed by atoms with Gasteiger partial charge in [0.2, 0.25) is 0 Å². The molecule has 1 aliphatic heterocycles. The van der Waals surface area contributed by atoms with Crippen molar-refractivity contribution in [2.24, 2.45) is 4.99 Å². The molecule has 1 aromatic heterocycles. The van der Waals surface area contributed by atoms with E-state index in [2.05, 4.69) is 65.6 Å². The van der Waals surface area contributed by atoms with Crippen molar-refractivity contribution in [3.05, 3.63) is 51.0 Å². The molecule has 0 atom stereocenters. The standard InChI is InChI=1S/C22H32N4OS.HI/c1-16-7-5-6-8-19(16)22(10-13-27-14-11-22)15-25-21(23-4)24-12-9-20-26-17(2)18(3)28-20;/h5-8H,9-15H2,1-4H3,(H2,23,24,25);1H. The fraction of sp³-hybridized carbons (Fsp3) is 0.545. The van der Waals surface area contributed by atoms with E-state index >= 15 is 0 Å². The van der Waals surface area contributed by atoms with Gasteiger partial charge in [0.15, 0.2) is 5.96 Å². The third-order valence-electron chi connectivity index (χ3n) is 5.69. The van der Waals surface area contributed by atoms with E-state index in [0.717, 1.165) is 57.2 Å². The predicted octanol–water partition coefficient (Wildman–Crippen LogP) is 4.14. The Hall–Kier alpha value is -1.19. The van der Waals surface area contributed by atoms with Crippen molar-refractivity contribution < 1.29 is 4.74 Å². The van der Waals surface area contributed by atoms with Crippen LogP contribution in [0.25, 0.3) is 0 Å². The van der Waals surface area contributed by atoms with Gasteiger partial charge in [-0.05, 0) is 44.7 Å². The number of aliphatic imine (C=N–C) groups is 1. The Morgan fingerprint density at radius 3 is 2.52 bits per heavy atom. The normalized spacial score (nSPS) is 16.2. The third kappa shape index (κ3) is 6.15. The van der Waals surface area contributed by atoms with E-state index in [-0.39, 0.29) is 29.4 Å². The highest BCUT2D eigenvalue weighted by molar-refractivity contribution is 14.0. The number of aryl methyl sites for hydroxylation is 3. The molecular weight excluding hydrogens is 495 g/mol. The van der Waals surface area contributed by atoms with Crippen molar-refractivity contribution in [3.8, 4) is 0 Å². The molecule has 1 fully saturated rings. The maximum atomic E-state index is 5.67. The highest BCUT2D eigenvalue weighted by atomic mass is 127. The van der Waals surface area contributed by atoms with E-state index in [1.54, 1.807) is 11.3 Å². The number of nitrogens with one attached hydrogen (secondary N) is 2. The van der Waals surface area contributed by atoms with Gasteiger partial charge in [0, 0.05) is 50.1 Å². The molecule has 29 heavy (non-hydrogen) atoms. The SMILES string of the molecule is CN=C(NCCc1nc(C)c(C)s1)NCC1(c2ccccc2C)CCOCC1.I. The van der Waals surface area contributed by atoms with E-state index in [9.17, 15) is 0 Å². The van der Waals surface area contributed by atoms with Crippen LogP contribution < -0.4 is 10.6 Å². The lowest BCUT2D eigenvalue weighted by Gasteiger charge is -2.39. The first kappa shape index (κ1) is 24.1. The molecule has 5 nitrogen and oxygen atoms in total.